The van der Waals surface area contributed by atoms with Crippen LogP contribution in [0.5, 0.6) is 0 Å². The average molecular weight is 261 g/mol. The molecule has 0 nitrogen and oxygen atoms in total. The molecule has 0 aliphatic heterocycles. The monoisotopic (exact) mass is 260 g/mol. The van der Waals surface area contributed by atoms with Crippen LogP contribution in [0, 0.1) is 0 Å². The third-order valence-electron chi connectivity index (χ3n) is 1.02. The van der Waals surface area contributed by atoms with Crippen LogP contribution >= 0.6 is 23.2 Å². The third kappa shape index (κ3) is 6.37. The molecule has 14 heavy (non-hydrogen) atoms. The lowest BCUT2D eigenvalue weighted by Crippen LogP contribution is -2.16. The largest absolute Gasteiger partial charge is 0.426 e. The summed E-state index contributed by atoms with van der Waals surface area (Å²) in [5.41, 5.74) is 0. The van der Waals surface area contributed by atoms with Crippen LogP contribution in [0.3, 0.4) is 0 Å². The fraction of sp³-hybridized carbons (Fsp3) is 0.667. The summed E-state index contributed by atoms with van der Waals surface area (Å²) in [6.07, 6.45) is -10.9. The van der Waals surface area contributed by atoms with Crippen molar-refractivity contribution < 1.29 is 26.3 Å². The Hall–Kier alpha value is -0.100. The van der Waals surface area contributed by atoms with Gasteiger partial charge in [-0.25, -0.2) is 0 Å². The quantitative estimate of drug-likeness (QED) is 0.515. The number of alkyl halides is 7. The van der Waals surface area contributed by atoms with Crippen molar-refractivity contribution in [3.8, 4) is 0 Å². The molecule has 0 rings (SSSR count). The van der Waals surface area contributed by atoms with Crippen LogP contribution in [0.4, 0.5) is 26.3 Å². The van der Waals surface area contributed by atoms with Crippen LogP contribution in [-0.2, 0) is 0 Å². The van der Waals surface area contributed by atoms with Gasteiger partial charge in [0.05, 0.1) is 11.8 Å². The number of rotatable bonds is 2. The number of hydrogen-bond donors (Lipinski definition) is 0. The molecule has 0 bridgehead atoms. The fourth-order valence-electron chi connectivity index (χ4n) is 0.533. The van der Waals surface area contributed by atoms with Crippen LogP contribution in [-0.4, -0.2) is 17.7 Å². The highest BCUT2D eigenvalue weighted by atomic mass is 35.5. The Kier molecular flexibility index (Phi) is 4.58. The molecule has 0 aromatic rings. The minimum atomic E-state index is -4.86. The third-order valence-corrected chi connectivity index (χ3v) is 1.65. The Balaban J connectivity index is 4.38. The summed E-state index contributed by atoms with van der Waals surface area (Å²) in [5, 5.41) is -3.47. The highest BCUT2D eigenvalue weighted by Crippen LogP contribution is 2.32. The van der Waals surface area contributed by atoms with Crippen molar-refractivity contribution in [3.63, 3.8) is 0 Å². The van der Waals surface area contributed by atoms with Crippen molar-refractivity contribution in [2.24, 2.45) is 0 Å². The first kappa shape index (κ1) is 13.9. The van der Waals surface area contributed by atoms with E-state index in [0.29, 0.717) is 0 Å². The lowest BCUT2D eigenvalue weighted by molar-refractivity contribution is -0.133. The highest BCUT2D eigenvalue weighted by molar-refractivity contribution is 6.31. The summed E-state index contributed by atoms with van der Waals surface area (Å²) in [5.74, 6) is 0. The first-order chi connectivity index (χ1) is 6.02. The van der Waals surface area contributed by atoms with Gasteiger partial charge in [0.15, 0.2) is 0 Å². The maximum Gasteiger partial charge on any atom is 0.426 e. The van der Waals surface area contributed by atoms with Gasteiger partial charge in [0.2, 0.25) is 0 Å². The van der Waals surface area contributed by atoms with Gasteiger partial charge in [0.1, 0.15) is 5.03 Å². The van der Waals surface area contributed by atoms with E-state index in [2.05, 4.69) is 11.6 Å². The molecule has 0 saturated heterocycles. The molecule has 0 spiro atoms. The van der Waals surface area contributed by atoms with Gasteiger partial charge in [-0.05, 0) is 6.08 Å². The predicted molar refractivity (Wildman–Crippen MR) is 40.3 cm³/mol. The average Bonchev–Trinajstić information content (AvgIpc) is 1.79. The van der Waals surface area contributed by atoms with E-state index < -0.39 is 29.2 Å². The Bertz CT molecular complexity index is 215. The van der Waals surface area contributed by atoms with Crippen LogP contribution in [0.15, 0.2) is 11.1 Å². The summed E-state index contributed by atoms with van der Waals surface area (Å²) in [6.45, 7) is 0. The molecule has 84 valence electrons. The Morgan fingerprint density at radius 1 is 1.14 bits per heavy atom. The van der Waals surface area contributed by atoms with E-state index in [-0.39, 0.29) is 6.08 Å². The van der Waals surface area contributed by atoms with Crippen molar-refractivity contribution in [3.05, 3.63) is 11.1 Å². The van der Waals surface area contributed by atoms with Gasteiger partial charge in [-0.2, -0.15) is 26.3 Å². The van der Waals surface area contributed by atoms with E-state index >= 15 is 0 Å². The van der Waals surface area contributed by atoms with Gasteiger partial charge in [-0.15, -0.1) is 11.6 Å². The molecule has 8 heteroatoms. The predicted octanol–water partition coefficient (Wildman–Crippen LogP) is 4.23. The fourth-order valence-corrected chi connectivity index (χ4v) is 1.05. The highest BCUT2D eigenvalue weighted by Gasteiger charge is 2.35. The van der Waals surface area contributed by atoms with E-state index in [9.17, 15) is 26.3 Å². The molecule has 0 fully saturated rings. The van der Waals surface area contributed by atoms with Gasteiger partial charge in [0, 0.05) is 0 Å². The van der Waals surface area contributed by atoms with E-state index in [1.807, 2.05) is 0 Å². The van der Waals surface area contributed by atoms with Crippen molar-refractivity contribution in [1.29, 1.82) is 0 Å². The number of halogens is 8. The van der Waals surface area contributed by atoms with Gasteiger partial charge in [-0.1, -0.05) is 11.6 Å². The zero-order valence-corrected chi connectivity index (χ0v) is 7.90. The zero-order valence-electron chi connectivity index (χ0n) is 6.39. The maximum absolute atomic E-state index is 11.7. The van der Waals surface area contributed by atoms with Crippen LogP contribution in [0.25, 0.3) is 0 Å². The smallest absolute Gasteiger partial charge is 0.171 e. The molecule has 1 atom stereocenters. The molecule has 0 aromatic heterocycles. The van der Waals surface area contributed by atoms with Crippen LogP contribution in [0.2, 0.25) is 0 Å². The summed E-state index contributed by atoms with van der Waals surface area (Å²) in [6, 6.07) is 0. The lowest BCUT2D eigenvalue weighted by atomic mass is 10.2. The Morgan fingerprint density at radius 2 is 1.57 bits per heavy atom. The van der Waals surface area contributed by atoms with Crippen LogP contribution in [0.1, 0.15) is 6.42 Å². The summed E-state index contributed by atoms with van der Waals surface area (Å²) in [4.78, 5) is 0. The molecule has 0 aromatic carbocycles. The Morgan fingerprint density at radius 3 is 1.86 bits per heavy atom. The Labute approximate surface area is 85.5 Å². The maximum atomic E-state index is 11.7. The standard InChI is InChI=1S/C6H4Cl2F6/c7-3(2-5(9,10)11)1-4(8)6(12,13)14/h1,3H,2H2/b4-1-. The first-order valence-electron chi connectivity index (χ1n) is 3.17. The molecule has 0 heterocycles. The van der Waals surface area contributed by atoms with Crippen molar-refractivity contribution in [2.75, 3.05) is 0 Å². The molecule has 0 N–H and O–H groups in total. The molecule has 1 unspecified atom stereocenters. The van der Waals surface area contributed by atoms with E-state index in [0.717, 1.165) is 0 Å². The minimum absolute atomic E-state index is 0.122. The number of allylic oxidation sites excluding steroid dienone is 2. The lowest BCUT2D eigenvalue weighted by Gasteiger charge is -2.10. The molecule has 0 amide bonds. The van der Waals surface area contributed by atoms with Gasteiger partial charge in [-0.3, -0.25) is 0 Å². The second-order valence-corrected chi connectivity index (χ2v) is 3.32. The summed E-state index contributed by atoms with van der Waals surface area (Å²) < 4.78 is 70.0. The van der Waals surface area contributed by atoms with Gasteiger partial charge < -0.3 is 0 Å². The van der Waals surface area contributed by atoms with Crippen molar-refractivity contribution in [1.82, 2.24) is 0 Å². The minimum Gasteiger partial charge on any atom is -0.171 e. The SMILES string of the molecule is FC(F)(F)CC(Cl)/C=C(\Cl)C(F)(F)F. The molecule has 0 radical (unpaired) electrons. The molecular formula is C6H4Cl2F6. The second kappa shape index (κ2) is 4.61. The van der Waals surface area contributed by atoms with E-state index in [1.54, 1.807) is 0 Å². The topological polar surface area (TPSA) is 0 Å². The van der Waals surface area contributed by atoms with Crippen molar-refractivity contribution in [2.45, 2.75) is 24.2 Å². The van der Waals surface area contributed by atoms with Gasteiger partial charge in [0.25, 0.3) is 0 Å². The molecular weight excluding hydrogens is 257 g/mol. The van der Waals surface area contributed by atoms with Crippen LogP contribution < -0.4 is 0 Å². The first-order valence-corrected chi connectivity index (χ1v) is 3.99. The molecule has 0 aliphatic carbocycles. The summed E-state index contributed by atoms with van der Waals surface area (Å²) in [7, 11) is 0. The van der Waals surface area contributed by atoms with Gasteiger partial charge >= 0.3 is 12.4 Å². The summed E-state index contributed by atoms with van der Waals surface area (Å²) >= 11 is 9.65. The molecule has 0 saturated carbocycles. The molecule has 0 aliphatic rings. The van der Waals surface area contributed by atoms with Crippen molar-refractivity contribution >= 4 is 23.2 Å². The van der Waals surface area contributed by atoms with E-state index in [1.165, 1.54) is 0 Å². The number of hydrogen-bond acceptors (Lipinski definition) is 0. The normalized spacial score (nSPS) is 17.0. The van der Waals surface area contributed by atoms with E-state index in [4.69, 9.17) is 11.6 Å². The second-order valence-electron chi connectivity index (χ2n) is 2.35. The zero-order chi connectivity index (χ0) is 11.6.